The Morgan fingerprint density at radius 1 is 0.947 bits per heavy atom. The molecule has 1 N–H and O–H groups in total. The van der Waals surface area contributed by atoms with Crippen molar-refractivity contribution in [2.24, 2.45) is 0 Å². The molecule has 0 bridgehead atoms. The Bertz CT molecular complexity index is 1320. The maximum Gasteiger partial charge on any atom is 0.264 e. The van der Waals surface area contributed by atoms with Crippen LogP contribution in [0.5, 0.6) is 5.75 Å². The van der Waals surface area contributed by atoms with Crippen molar-refractivity contribution in [3.63, 3.8) is 0 Å². The van der Waals surface area contributed by atoms with E-state index in [4.69, 9.17) is 16.3 Å². The first-order valence-electron chi connectivity index (χ1n) is 12.2. The van der Waals surface area contributed by atoms with Crippen LogP contribution in [0.1, 0.15) is 25.8 Å². The molecule has 0 fully saturated rings. The summed E-state index contributed by atoms with van der Waals surface area (Å²) in [6, 6.07) is 20.5. The number of nitrogens with one attached hydrogen (secondary N) is 1. The molecule has 0 unspecified atom stereocenters. The molecule has 3 aromatic carbocycles. The van der Waals surface area contributed by atoms with Crippen LogP contribution >= 0.6 is 11.6 Å². The van der Waals surface area contributed by atoms with Crippen molar-refractivity contribution in [3.05, 3.63) is 89.4 Å². The first-order valence-corrected chi connectivity index (χ1v) is 14.1. The van der Waals surface area contributed by atoms with E-state index < -0.39 is 28.5 Å². The second-order valence-electron chi connectivity index (χ2n) is 8.49. The number of halogens is 1. The normalized spacial score (nSPS) is 11.9. The molecule has 1 atom stereocenters. The van der Waals surface area contributed by atoms with Crippen LogP contribution in [0.25, 0.3) is 0 Å². The van der Waals surface area contributed by atoms with E-state index in [0.717, 1.165) is 9.87 Å². The number of anilines is 1. The smallest absolute Gasteiger partial charge is 0.264 e. The molecule has 0 saturated heterocycles. The first-order chi connectivity index (χ1) is 18.2. The largest absolute Gasteiger partial charge is 0.497 e. The molecule has 202 valence electrons. The quantitative estimate of drug-likeness (QED) is 0.354. The summed E-state index contributed by atoms with van der Waals surface area (Å²) in [5, 5.41) is 3.21. The van der Waals surface area contributed by atoms with Crippen molar-refractivity contribution < 1.29 is 22.7 Å². The second-order valence-corrected chi connectivity index (χ2v) is 10.8. The van der Waals surface area contributed by atoms with Crippen LogP contribution in [-0.4, -0.2) is 51.4 Å². The van der Waals surface area contributed by atoms with Crippen LogP contribution in [0, 0.1) is 0 Å². The molecule has 38 heavy (non-hydrogen) atoms. The number of hydrogen-bond acceptors (Lipinski definition) is 5. The van der Waals surface area contributed by atoms with Crippen molar-refractivity contribution in [1.82, 2.24) is 10.2 Å². The number of methoxy groups -OCH3 is 1. The standard InChI is InChI=1S/C28H32ClN3O5S/c1-4-26(28(34)30-5-2)31(19-21-11-17-24(37-3)18-12-21)27(33)20-32(23-15-13-22(29)14-16-23)38(35,36)25-9-7-6-8-10-25/h6-18,26H,4-5,19-20H2,1-3H3,(H,30,34)/t26-/m1/s1. The monoisotopic (exact) mass is 557 g/mol. The SMILES string of the molecule is CCNC(=O)[C@@H](CC)N(Cc1ccc(OC)cc1)C(=O)CN(c1ccc(Cl)cc1)S(=O)(=O)c1ccccc1. The van der Waals surface area contributed by atoms with Gasteiger partial charge in [-0.05, 0) is 67.4 Å². The minimum Gasteiger partial charge on any atom is -0.497 e. The van der Waals surface area contributed by atoms with Crippen molar-refractivity contribution in [3.8, 4) is 5.75 Å². The summed E-state index contributed by atoms with van der Waals surface area (Å²) in [6.07, 6.45) is 0.347. The summed E-state index contributed by atoms with van der Waals surface area (Å²) in [5.74, 6) is -0.167. The molecule has 0 radical (unpaired) electrons. The zero-order valence-electron chi connectivity index (χ0n) is 21.6. The Morgan fingerprint density at radius 3 is 2.13 bits per heavy atom. The number of carbonyl (C=O) groups excluding carboxylic acids is 2. The highest BCUT2D eigenvalue weighted by molar-refractivity contribution is 7.92. The molecular weight excluding hydrogens is 526 g/mol. The predicted octanol–water partition coefficient (Wildman–Crippen LogP) is 4.49. The summed E-state index contributed by atoms with van der Waals surface area (Å²) in [7, 11) is -2.55. The van der Waals surface area contributed by atoms with Crippen molar-refractivity contribution in [2.45, 2.75) is 37.8 Å². The highest BCUT2D eigenvalue weighted by atomic mass is 35.5. The maximum absolute atomic E-state index is 13.9. The van der Waals surface area contributed by atoms with E-state index in [-0.39, 0.29) is 23.0 Å². The zero-order chi connectivity index (χ0) is 27.7. The summed E-state index contributed by atoms with van der Waals surface area (Å²) in [6.45, 7) is 3.61. The van der Waals surface area contributed by atoms with Gasteiger partial charge in [0.15, 0.2) is 0 Å². The van der Waals surface area contributed by atoms with E-state index in [9.17, 15) is 18.0 Å². The number of nitrogens with zero attached hydrogens (tertiary/aromatic N) is 2. The molecule has 3 rings (SSSR count). The minimum absolute atomic E-state index is 0.0419. The second kappa shape index (κ2) is 13.3. The van der Waals surface area contributed by atoms with Crippen LogP contribution in [0.4, 0.5) is 5.69 Å². The molecule has 0 saturated carbocycles. The lowest BCUT2D eigenvalue weighted by Gasteiger charge is -2.33. The fourth-order valence-electron chi connectivity index (χ4n) is 3.99. The molecule has 10 heteroatoms. The van der Waals surface area contributed by atoms with Gasteiger partial charge in [-0.15, -0.1) is 0 Å². The molecule has 2 amide bonds. The van der Waals surface area contributed by atoms with Crippen LogP contribution < -0.4 is 14.4 Å². The third-order valence-electron chi connectivity index (χ3n) is 5.97. The summed E-state index contributed by atoms with van der Waals surface area (Å²) in [5.41, 5.74) is 1.05. The molecule has 3 aromatic rings. The zero-order valence-corrected chi connectivity index (χ0v) is 23.2. The maximum atomic E-state index is 13.9. The van der Waals surface area contributed by atoms with Crippen molar-refractivity contribution in [2.75, 3.05) is 24.5 Å². The molecule has 0 aliphatic heterocycles. The van der Waals surface area contributed by atoms with Gasteiger partial charge in [0.05, 0.1) is 17.7 Å². The van der Waals surface area contributed by atoms with Gasteiger partial charge < -0.3 is 15.0 Å². The number of rotatable bonds is 12. The summed E-state index contributed by atoms with van der Waals surface area (Å²) >= 11 is 6.04. The van der Waals surface area contributed by atoms with Gasteiger partial charge in [-0.1, -0.05) is 48.9 Å². The average molecular weight is 558 g/mol. The third kappa shape index (κ3) is 7.05. The Labute approximate surface area is 229 Å². The van der Waals surface area contributed by atoms with E-state index >= 15 is 0 Å². The number of likely N-dealkylation sites (N-methyl/N-ethyl adjacent to an activating group) is 1. The summed E-state index contributed by atoms with van der Waals surface area (Å²) < 4.78 is 33.7. The van der Waals surface area contributed by atoms with Gasteiger partial charge >= 0.3 is 0 Å². The van der Waals surface area contributed by atoms with Crippen LogP contribution in [0.15, 0.2) is 83.8 Å². The average Bonchev–Trinajstić information content (AvgIpc) is 2.93. The van der Waals surface area contributed by atoms with Gasteiger partial charge in [-0.3, -0.25) is 13.9 Å². The highest BCUT2D eigenvalue weighted by Crippen LogP contribution is 2.26. The van der Waals surface area contributed by atoms with Crippen molar-refractivity contribution >= 4 is 39.1 Å². The number of hydrogen-bond donors (Lipinski definition) is 1. The number of sulfonamides is 1. The molecule has 0 aromatic heterocycles. The lowest BCUT2D eigenvalue weighted by molar-refractivity contribution is -0.140. The van der Waals surface area contributed by atoms with E-state index in [2.05, 4.69) is 5.32 Å². The lowest BCUT2D eigenvalue weighted by atomic mass is 10.1. The van der Waals surface area contributed by atoms with Gasteiger partial charge in [0.2, 0.25) is 11.8 Å². The number of amides is 2. The van der Waals surface area contributed by atoms with Gasteiger partial charge in [-0.2, -0.15) is 0 Å². The molecule has 0 spiro atoms. The third-order valence-corrected chi connectivity index (χ3v) is 8.01. The minimum atomic E-state index is -4.11. The number of ether oxygens (including phenoxy) is 1. The van der Waals surface area contributed by atoms with Crippen LogP contribution in [0.3, 0.4) is 0 Å². The lowest BCUT2D eigenvalue weighted by Crippen LogP contribution is -2.52. The van der Waals surface area contributed by atoms with Gasteiger partial charge in [0.25, 0.3) is 10.0 Å². The van der Waals surface area contributed by atoms with Gasteiger partial charge in [-0.25, -0.2) is 8.42 Å². The van der Waals surface area contributed by atoms with E-state index in [1.807, 2.05) is 6.92 Å². The highest BCUT2D eigenvalue weighted by Gasteiger charge is 2.33. The van der Waals surface area contributed by atoms with Gasteiger partial charge in [0.1, 0.15) is 18.3 Å². The Morgan fingerprint density at radius 2 is 1.58 bits per heavy atom. The molecule has 8 nitrogen and oxygen atoms in total. The number of carbonyl (C=O) groups is 2. The van der Waals surface area contributed by atoms with Crippen LogP contribution in [0.2, 0.25) is 5.02 Å². The fraction of sp³-hybridized carbons (Fsp3) is 0.286. The predicted molar refractivity (Wildman–Crippen MR) is 149 cm³/mol. The fourth-order valence-corrected chi connectivity index (χ4v) is 5.56. The van der Waals surface area contributed by atoms with E-state index in [1.54, 1.807) is 80.8 Å². The molecule has 0 aliphatic rings. The van der Waals surface area contributed by atoms with E-state index in [1.165, 1.54) is 17.0 Å². The molecule has 0 aliphatic carbocycles. The Kier molecular flexibility index (Phi) is 10.2. The topological polar surface area (TPSA) is 96.0 Å². The Balaban J connectivity index is 2.03. The van der Waals surface area contributed by atoms with Crippen molar-refractivity contribution in [1.29, 1.82) is 0 Å². The molecular formula is C28H32ClN3O5S. The van der Waals surface area contributed by atoms with Crippen LogP contribution in [-0.2, 0) is 26.2 Å². The van der Waals surface area contributed by atoms with Gasteiger partial charge in [0, 0.05) is 18.1 Å². The first kappa shape index (κ1) is 29.0. The molecule has 0 heterocycles. The number of benzene rings is 3. The van der Waals surface area contributed by atoms with E-state index in [0.29, 0.717) is 23.7 Å². The Hall–Kier alpha value is -3.56. The summed E-state index contributed by atoms with van der Waals surface area (Å²) in [4.78, 5) is 28.3.